The van der Waals surface area contributed by atoms with Crippen molar-refractivity contribution < 1.29 is 23.7 Å². The molecule has 3 aromatic carbocycles. The van der Waals surface area contributed by atoms with Crippen molar-refractivity contribution in [2.24, 2.45) is 0 Å². The van der Waals surface area contributed by atoms with E-state index in [4.69, 9.17) is 30.5 Å². The molecule has 0 aliphatic rings. The Balaban J connectivity index is 1.88. The fraction of sp³-hybridized carbons (Fsp3) is 0.296. The molecule has 0 bridgehead atoms. The summed E-state index contributed by atoms with van der Waals surface area (Å²) in [5, 5.41) is 3.26. The molecule has 0 radical (unpaired) electrons. The molecule has 0 heterocycles. The number of carbonyl (C=O) groups excluding carboxylic acids is 1. The first-order valence-corrected chi connectivity index (χ1v) is 11.3. The lowest BCUT2D eigenvalue weighted by Crippen LogP contribution is -2.14. The van der Waals surface area contributed by atoms with Gasteiger partial charge in [-0.05, 0) is 68.7 Å². The first-order chi connectivity index (χ1) is 16.3. The SMILES string of the molecule is CCOc1ccc(C(=O)Nc2cc(OC)c(Cl)cc2OC)cc1COc1cc(C)cc(C)c1C. The summed E-state index contributed by atoms with van der Waals surface area (Å²) in [5.41, 5.74) is 5.06. The Kier molecular flexibility index (Phi) is 8.29. The van der Waals surface area contributed by atoms with Crippen LogP contribution in [0.4, 0.5) is 5.69 Å². The van der Waals surface area contributed by atoms with Crippen LogP contribution < -0.4 is 24.3 Å². The summed E-state index contributed by atoms with van der Waals surface area (Å²) in [6.45, 7) is 8.81. The number of nitrogens with one attached hydrogen (secondary N) is 1. The smallest absolute Gasteiger partial charge is 0.255 e. The molecule has 0 spiro atoms. The highest BCUT2D eigenvalue weighted by atomic mass is 35.5. The van der Waals surface area contributed by atoms with Gasteiger partial charge in [-0.15, -0.1) is 0 Å². The number of carbonyl (C=O) groups is 1. The molecule has 0 fully saturated rings. The van der Waals surface area contributed by atoms with E-state index in [0.717, 1.165) is 22.4 Å². The third kappa shape index (κ3) is 5.75. The summed E-state index contributed by atoms with van der Waals surface area (Å²) in [7, 11) is 3.02. The Morgan fingerprint density at radius 3 is 2.29 bits per heavy atom. The van der Waals surface area contributed by atoms with Crippen molar-refractivity contribution in [3.63, 3.8) is 0 Å². The third-order valence-electron chi connectivity index (χ3n) is 5.49. The van der Waals surface area contributed by atoms with Crippen molar-refractivity contribution in [2.75, 3.05) is 26.1 Å². The highest BCUT2D eigenvalue weighted by Crippen LogP contribution is 2.36. The van der Waals surface area contributed by atoms with E-state index in [1.165, 1.54) is 19.8 Å². The van der Waals surface area contributed by atoms with Crippen molar-refractivity contribution in [1.82, 2.24) is 0 Å². The highest BCUT2D eigenvalue weighted by molar-refractivity contribution is 6.32. The first kappa shape index (κ1) is 25.2. The summed E-state index contributed by atoms with van der Waals surface area (Å²) in [5.74, 6) is 2.04. The molecule has 0 saturated heterocycles. The molecule has 0 saturated carbocycles. The number of rotatable bonds is 9. The maximum Gasteiger partial charge on any atom is 0.255 e. The molecule has 0 aliphatic carbocycles. The Bertz CT molecular complexity index is 1190. The number of hydrogen-bond acceptors (Lipinski definition) is 5. The van der Waals surface area contributed by atoms with E-state index in [9.17, 15) is 4.79 Å². The van der Waals surface area contributed by atoms with Crippen molar-refractivity contribution in [1.29, 1.82) is 0 Å². The lowest BCUT2D eigenvalue weighted by atomic mass is 10.1. The second kappa shape index (κ2) is 11.2. The Morgan fingerprint density at radius 2 is 1.62 bits per heavy atom. The van der Waals surface area contributed by atoms with Crippen molar-refractivity contribution in [2.45, 2.75) is 34.3 Å². The number of ether oxygens (including phenoxy) is 4. The Hall–Kier alpha value is -3.38. The molecule has 0 unspecified atom stereocenters. The van der Waals surface area contributed by atoms with Gasteiger partial charge in [0.15, 0.2) is 0 Å². The molecule has 1 amide bonds. The Morgan fingerprint density at radius 1 is 0.882 bits per heavy atom. The van der Waals surface area contributed by atoms with Crippen LogP contribution in [0.1, 0.15) is 39.5 Å². The molecule has 180 valence electrons. The molecule has 3 rings (SSSR count). The molecular formula is C27H30ClNO5. The zero-order valence-electron chi connectivity index (χ0n) is 20.4. The quantitative estimate of drug-likeness (QED) is 0.375. The van der Waals surface area contributed by atoms with Gasteiger partial charge in [-0.1, -0.05) is 17.7 Å². The van der Waals surface area contributed by atoms with Crippen LogP contribution >= 0.6 is 11.6 Å². The van der Waals surface area contributed by atoms with Crippen LogP contribution in [0.5, 0.6) is 23.0 Å². The maximum absolute atomic E-state index is 13.1. The van der Waals surface area contributed by atoms with Crippen LogP contribution in [-0.2, 0) is 6.61 Å². The molecule has 0 aliphatic heterocycles. The molecule has 6 nitrogen and oxygen atoms in total. The van der Waals surface area contributed by atoms with Gasteiger partial charge in [-0.25, -0.2) is 0 Å². The average molecular weight is 484 g/mol. The number of benzene rings is 3. The van der Waals surface area contributed by atoms with E-state index in [0.29, 0.717) is 40.1 Å². The lowest BCUT2D eigenvalue weighted by molar-refractivity contribution is 0.102. The number of halogens is 1. The topological polar surface area (TPSA) is 66.0 Å². The molecule has 0 aromatic heterocycles. The van der Waals surface area contributed by atoms with Crippen LogP contribution in [0, 0.1) is 20.8 Å². The Labute approximate surface area is 205 Å². The molecular weight excluding hydrogens is 454 g/mol. The van der Waals surface area contributed by atoms with E-state index in [-0.39, 0.29) is 12.5 Å². The molecule has 3 aromatic rings. The summed E-state index contributed by atoms with van der Waals surface area (Å²) >= 11 is 6.17. The largest absolute Gasteiger partial charge is 0.495 e. The zero-order valence-corrected chi connectivity index (χ0v) is 21.1. The van der Waals surface area contributed by atoms with Gasteiger partial charge in [0.1, 0.15) is 29.6 Å². The normalized spacial score (nSPS) is 10.6. The molecule has 34 heavy (non-hydrogen) atoms. The third-order valence-corrected chi connectivity index (χ3v) is 5.79. The van der Waals surface area contributed by atoms with Crippen LogP contribution in [0.25, 0.3) is 0 Å². The molecule has 1 N–H and O–H groups in total. The molecule has 7 heteroatoms. The fourth-order valence-electron chi connectivity index (χ4n) is 3.59. The number of anilines is 1. The lowest BCUT2D eigenvalue weighted by Gasteiger charge is -2.16. The van der Waals surface area contributed by atoms with E-state index in [1.54, 1.807) is 30.3 Å². The number of methoxy groups -OCH3 is 2. The van der Waals surface area contributed by atoms with Gasteiger partial charge >= 0.3 is 0 Å². The van der Waals surface area contributed by atoms with Gasteiger partial charge in [-0.3, -0.25) is 4.79 Å². The minimum absolute atomic E-state index is 0.262. The number of amides is 1. The van der Waals surface area contributed by atoms with E-state index in [1.807, 2.05) is 26.8 Å². The van der Waals surface area contributed by atoms with Crippen molar-refractivity contribution in [3.05, 3.63) is 75.3 Å². The number of aryl methyl sites for hydroxylation is 2. The standard InChI is InChI=1S/C27H30ClNO5/c1-7-33-23-9-8-19(12-20(23)15-34-24-11-16(2)10-17(3)18(24)4)27(30)29-22-14-25(31-5)21(28)13-26(22)32-6/h8-14H,7,15H2,1-6H3,(H,29,30). The minimum atomic E-state index is -0.311. The zero-order chi connectivity index (χ0) is 24.8. The van der Waals surface area contributed by atoms with Crippen LogP contribution in [-0.4, -0.2) is 26.7 Å². The van der Waals surface area contributed by atoms with Crippen LogP contribution in [0.3, 0.4) is 0 Å². The van der Waals surface area contributed by atoms with Gasteiger partial charge in [0.25, 0.3) is 5.91 Å². The fourth-order valence-corrected chi connectivity index (χ4v) is 3.82. The monoisotopic (exact) mass is 483 g/mol. The number of hydrogen-bond donors (Lipinski definition) is 1. The summed E-state index contributed by atoms with van der Waals surface area (Å²) in [6, 6.07) is 12.6. The predicted molar refractivity (Wildman–Crippen MR) is 135 cm³/mol. The molecule has 0 atom stereocenters. The predicted octanol–water partition coefficient (Wildman–Crippen LogP) is 6.51. The van der Waals surface area contributed by atoms with Crippen molar-refractivity contribution >= 4 is 23.2 Å². The van der Waals surface area contributed by atoms with Gasteiger partial charge < -0.3 is 24.3 Å². The van der Waals surface area contributed by atoms with Crippen LogP contribution in [0.2, 0.25) is 5.02 Å². The van der Waals surface area contributed by atoms with Gasteiger partial charge in [0.2, 0.25) is 0 Å². The highest BCUT2D eigenvalue weighted by Gasteiger charge is 2.16. The van der Waals surface area contributed by atoms with Gasteiger partial charge in [0.05, 0.1) is 31.5 Å². The van der Waals surface area contributed by atoms with Crippen molar-refractivity contribution in [3.8, 4) is 23.0 Å². The van der Waals surface area contributed by atoms with Crippen LogP contribution in [0.15, 0.2) is 42.5 Å². The minimum Gasteiger partial charge on any atom is -0.495 e. The summed E-state index contributed by atoms with van der Waals surface area (Å²) in [6.07, 6.45) is 0. The van der Waals surface area contributed by atoms with E-state index >= 15 is 0 Å². The van der Waals surface area contributed by atoms with Gasteiger partial charge in [0, 0.05) is 23.3 Å². The second-order valence-electron chi connectivity index (χ2n) is 7.89. The average Bonchev–Trinajstić information content (AvgIpc) is 2.81. The second-order valence-corrected chi connectivity index (χ2v) is 8.30. The van der Waals surface area contributed by atoms with E-state index < -0.39 is 0 Å². The first-order valence-electron chi connectivity index (χ1n) is 11.0. The van der Waals surface area contributed by atoms with Gasteiger partial charge in [-0.2, -0.15) is 0 Å². The summed E-state index contributed by atoms with van der Waals surface area (Å²) in [4.78, 5) is 13.1. The summed E-state index contributed by atoms with van der Waals surface area (Å²) < 4.78 is 22.5. The van der Waals surface area contributed by atoms with E-state index in [2.05, 4.69) is 18.3 Å². The maximum atomic E-state index is 13.1.